The average molecular weight is 280 g/mol. The van der Waals surface area contributed by atoms with Gasteiger partial charge in [-0.05, 0) is 11.6 Å². The molecule has 0 fully saturated rings. The number of nitrogens with one attached hydrogen (secondary N) is 1. The van der Waals surface area contributed by atoms with Gasteiger partial charge in [-0.15, -0.1) is 7.05 Å². The van der Waals surface area contributed by atoms with Crippen LogP contribution in [0.25, 0.3) is 10.9 Å². The van der Waals surface area contributed by atoms with Crippen LogP contribution < -0.4 is 11.2 Å². The summed E-state index contributed by atoms with van der Waals surface area (Å²) in [6.07, 6.45) is 0. The normalized spacial score (nSPS) is 9.87. The third-order valence-electron chi connectivity index (χ3n) is 1.99. The first-order valence-electron chi connectivity index (χ1n) is 3.89. The molecule has 0 aliphatic rings. The summed E-state index contributed by atoms with van der Waals surface area (Å²) in [6.45, 7) is 0. The second kappa shape index (κ2) is 4.20. The van der Waals surface area contributed by atoms with E-state index in [1.807, 2.05) is 0 Å². The van der Waals surface area contributed by atoms with Crippen molar-refractivity contribution < 1.29 is 37.8 Å². The topological polar surface area (TPSA) is 75.1 Å². The fraction of sp³-hybridized carbons (Fsp3) is 0. The van der Waals surface area contributed by atoms with Crippen LogP contribution in [0.1, 0.15) is 0 Å². The number of phenolic OH excluding ortho intramolecular Hbond substituents is 1. The number of aromatic amines is 1. The van der Waals surface area contributed by atoms with Gasteiger partial charge in [0.2, 0.25) is 11.2 Å². The van der Waals surface area contributed by atoms with E-state index in [2.05, 4.69) is 12.0 Å². The number of hydrogen-bond donors (Lipinski definition) is 2. The van der Waals surface area contributed by atoms with E-state index in [1.54, 1.807) is 0 Å². The SMILES string of the molecule is [CH2-]n1c(=O)[nH]c(=O)c2cccc(O)c21.[Y]. The standard InChI is InChI=1S/C9H7N2O3.Y/c1-11-7-5(3-2-4-6(7)12)8(13)10-9(11)14;/h2-4,12H,1H2,(H,10,13,14);/q-1;. The molecule has 6 heteroatoms. The van der Waals surface area contributed by atoms with Crippen LogP contribution in [0.5, 0.6) is 5.75 Å². The number of aromatic nitrogens is 2. The molecule has 1 aromatic heterocycles. The summed E-state index contributed by atoms with van der Waals surface area (Å²) in [5, 5.41) is 9.68. The number of benzene rings is 1. The number of aromatic hydroxyl groups is 1. The Morgan fingerprint density at radius 3 is 2.67 bits per heavy atom. The van der Waals surface area contributed by atoms with Gasteiger partial charge in [0.05, 0.1) is 5.75 Å². The number of para-hydroxylation sites is 1. The molecular formula is C9H7N2O3Y-. The van der Waals surface area contributed by atoms with Crippen molar-refractivity contribution in [2.45, 2.75) is 0 Å². The van der Waals surface area contributed by atoms with Crippen LogP contribution in [0.15, 0.2) is 27.8 Å². The Bertz CT molecular complexity index is 615. The first kappa shape index (κ1) is 12.0. The van der Waals surface area contributed by atoms with E-state index in [1.165, 1.54) is 18.2 Å². The zero-order chi connectivity index (χ0) is 10.3. The van der Waals surface area contributed by atoms with Crippen LogP contribution >= 0.6 is 0 Å². The number of phenols is 1. The minimum absolute atomic E-state index is 0. The predicted octanol–water partition coefficient (Wildman–Crippen LogP) is 0.0326. The minimum Gasteiger partial charge on any atom is -0.519 e. The molecule has 15 heavy (non-hydrogen) atoms. The Balaban J connectivity index is 0.00000112. The van der Waals surface area contributed by atoms with Gasteiger partial charge in [-0.25, -0.2) is 0 Å². The first-order chi connectivity index (χ1) is 6.61. The Labute approximate surface area is 110 Å². The quantitative estimate of drug-likeness (QED) is 0.669. The van der Waals surface area contributed by atoms with Crippen molar-refractivity contribution in [3.8, 4) is 5.75 Å². The summed E-state index contributed by atoms with van der Waals surface area (Å²) in [5.41, 5.74) is -1.04. The van der Waals surface area contributed by atoms with Gasteiger partial charge in [-0.1, -0.05) is 12.1 Å². The number of rotatable bonds is 0. The van der Waals surface area contributed by atoms with Gasteiger partial charge in [0.15, 0.2) is 0 Å². The van der Waals surface area contributed by atoms with Gasteiger partial charge in [0.1, 0.15) is 0 Å². The molecule has 0 amide bonds. The number of hydrogen-bond acceptors (Lipinski definition) is 3. The monoisotopic (exact) mass is 280 g/mol. The molecule has 2 aromatic rings. The van der Waals surface area contributed by atoms with Crippen molar-refractivity contribution in [2.24, 2.45) is 0 Å². The van der Waals surface area contributed by atoms with Gasteiger partial charge >= 0.3 is 0 Å². The van der Waals surface area contributed by atoms with Crippen LogP contribution in [0, 0.1) is 7.05 Å². The zero-order valence-corrected chi connectivity index (χ0v) is 10.6. The molecule has 0 spiro atoms. The summed E-state index contributed by atoms with van der Waals surface area (Å²) in [5.74, 6) is -0.138. The molecule has 0 bridgehead atoms. The first-order valence-corrected chi connectivity index (χ1v) is 3.89. The molecule has 2 rings (SSSR count). The van der Waals surface area contributed by atoms with E-state index in [0.717, 1.165) is 4.57 Å². The second-order valence-corrected chi connectivity index (χ2v) is 2.86. The molecule has 2 N–H and O–H groups in total. The smallest absolute Gasteiger partial charge is 0.238 e. The van der Waals surface area contributed by atoms with Gasteiger partial charge in [0.25, 0.3) is 0 Å². The van der Waals surface area contributed by atoms with Crippen LogP contribution in [0.2, 0.25) is 0 Å². The molecular weight excluding hydrogens is 273 g/mol. The third-order valence-corrected chi connectivity index (χ3v) is 1.99. The maximum absolute atomic E-state index is 11.3. The largest absolute Gasteiger partial charge is 0.519 e. The third kappa shape index (κ3) is 1.85. The van der Waals surface area contributed by atoms with Crippen LogP contribution in [-0.4, -0.2) is 14.7 Å². The molecule has 1 radical (unpaired) electrons. The van der Waals surface area contributed by atoms with E-state index >= 15 is 0 Å². The molecule has 1 aromatic carbocycles. The molecule has 0 aliphatic carbocycles. The van der Waals surface area contributed by atoms with Crippen molar-refractivity contribution in [3.05, 3.63) is 46.1 Å². The fourth-order valence-corrected chi connectivity index (χ4v) is 1.33. The molecule has 75 valence electrons. The van der Waals surface area contributed by atoms with Crippen LogP contribution in [0.3, 0.4) is 0 Å². The summed E-state index contributed by atoms with van der Waals surface area (Å²) in [4.78, 5) is 24.5. The predicted molar refractivity (Wildman–Crippen MR) is 51.2 cm³/mol. The van der Waals surface area contributed by atoms with Crippen molar-refractivity contribution in [2.75, 3.05) is 0 Å². The maximum Gasteiger partial charge on any atom is 0.238 e. The molecule has 1 heterocycles. The molecule has 5 nitrogen and oxygen atoms in total. The maximum atomic E-state index is 11.3. The molecule has 0 saturated carbocycles. The van der Waals surface area contributed by atoms with E-state index in [-0.39, 0.29) is 49.4 Å². The number of fused-ring (bicyclic) bond motifs is 1. The number of nitrogens with zero attached hydrogens (tertiary/aromatic N) is 1. The summed E-state index contributed by atoms with van der Waals surface area (Å²) in [6, 6.07) is 4.43. The van der Waals surface area contributed by atoms with E-state index in [0.29, 0.717) is 0 Å². The Morgan fingerprint density at radius 2 is 2.00 bits per heavy atom. The minimum atomic E-state index is -0.649. The van der Waals surface area contributed by atoms with Gasteiger partial charge in [0, 0.05) is 38.1 Å². The van der Waals surface area contributed by atoms with Crippen LogP contribution in [0.4, 0.5) is 0 Å². The summed E-state index contributed by atoms with van der Waals surface area (Å²) >= 11 is 0. The molecule has 0 aliphatic heterocycles. The second-order valence-electron chi connectivity index (χ2n) is 2.86. The van der Waals surface area contributed by atoms with E-state index < -0.39 is 11.2 Å². The molecule has 0 atom stereocenters. The molecule has 0 saturated heterocycles. The van der Waals surface area contributed by atoms with Gasteiger partial charge in [-0.2, -0.15) is 0 Å². The Morgan fingerprint density at radius 1 is 1.33 bits per heavy atom. The summed E-state index contributed by atoms with van der Waals surface area (Å²) in [7, 11) is 3.42. The summed E-state index contributed by atoms with van der Waals surface area (Å²) < 4.78 is 0.950. The van der Waals surface area contributed by atoms with E-state index in [9.17, 15) is 14.7 Å². The van der Waals surface area contributed by atoms with Crippen molar-refractivity contribution >= 4 is 10.9 Å². The zero-order valence-electron chi connectivity index (χ0n) is 7.73. The van der Waals surface area contributed by atoms with Gasteiger partial charge < -0.3 is 19.5 Å². The van der Waals surface area contributed by atoms with Crippen LogP contribution in [-0.2, 0) is 32.7 Å². The molecule has 0 unspecified atom stereocenters. The Hall–Kier alpha value is -1.07. The average Bonchev–Trinajstić information content (AvgIpc) is 2.14. The number of H-pyrrole nitrogens is 1. The van der Waals surface area contributed by atoms with Crippen molar-refractivity contribution in [1.29, 1.82) is 0 Å². The Kier molecular flexibility index (Phi) is 3.36. The van der Waals surface area contributed by atoms with E-state index in [4.69, 9.17) is 0 Å². The van der Waals surface area contributed by atoms with Gasteiger partial charge in [-0.3, -0.25) is 4.79 Å². The van der Waals surface area contributed by atoms with Crippen molar-refractivity contribution in [1.82, 2.24) is 9.55 Å². The fourth-order valence-electron chi connectivity index (χ4n) is 1.33. The van der Waals surface area contributed by atoms with Crippen molar-refractivity contribution in [3.63, 3.8) is 0 Å².